The molecule has 0 aliphatic carbocycles. The number of aromatic nitrogens is 1. The maximum atomic E-state index is 11.3. The second-order valence-electron chi connectivity index (χ2n) is 4.22. The number of fused-ring (bicyclic) bond motifs is 1. The van der Waals surface area contributed by atoms with Crippen LogP contribution in [0.15, 0.2) is 36.9 Å². The van der Waals surface area contributed by atoms with Crippen LogP contribution in [0.4, 0.5) is 0 Å². The van der Waals surface area contributed by atoms with Gasteiger partial charge in [-0.25, -0.2) is 4.79 Å². The third kappa shape index (κ3) is 2.02. The Morgan fingerprint density at radius 3 is 2.83 bits per heavy atom. The number of aromatic carboxylic acids is 1. The average molecular weight is 244 g/mol. The van der Waals surface area contributed by atoms with E-state index in [4.69, 9.17) is 5.73 Å². The quantitative estimate of drug-likeness (QED) is 0.707. The van der Waals surface area contributed by atoms with Gasteiger partial charge in [-0.2, -0.15) is 0 Å². The Balaban J connectivity index is 2.67. The van der Waals surface area contributed by atoms with Crippen molar-refractivity contribution >= 4 is 16.9 Å². The Kier molecular flexibility index (Phi) is 3.48. The number of allylic oxidation sites excluding steroid dienone is 1. The minimum absolute atomic E-state index is 0.0234. The molecule has 0 fully saturated rings. The van der Waals surface area contributed by atoms with Crippen molar-refractivity contribution in [3.63, 3.8) is 0 Å². The fraction of sp³-hybridized carbons (Fsp3) is 0.214. The third-order valence-electron chi connectivity index (χ3n) is 3.10. The van der Waals surface area contributed by atoms with Crippen LogP contribution in [0.1, 0.15) is 28.4 Å². The van der Waals surface area contributed by atoms with Gasteiger partial charge in [0.05, 0.1) is 0 Å². The maximum Gasteiger partial charge on any atom is 0.352 e. The van der Waals surface area contributed by atoms with Gasteiger partial charge in [-0.05, 0) is 24.6 Å². The normalized spacial score (nSPS) is 12.5. The molecule has 1 heterocycles. The molecule has 4 heteroatoms. The van der Waals surface area contributed by atoms with E-state index in [9.17, 15) is 9.90 Å². The lowest BCUT2D eigenvalue weighted by Crippen LogP contribution is -2.14. The van der Waals surface area contributed by atoms with Crippen molar-refractivity contribution in [1.29, 1.82) is 0 Å². The van der Waals surface area contributed by atoms with Gasteiger partial charge in [-0.15, -0.1) is 6.58 Å². The lowest BCUT2D eigenvalue weighted by atomic mass is 9.93. The Bertz CT molecular complexity index is 586. The van der Waals surface area contributed by atoms with Gasteiger partial charge in [0.25, 0.3) is 0 Å². The largest absolute Gasteiger partial charge is 0.477 e. The molecule has 1 unspecified atom stereocenters. The van der Waals surface area contributed by atoms with Gasteiger partial charge in [0.2, 0.25) is 0 Å². The molecule has 0 bridgehead atoms. The minimum atomic E-state index is -0.955. The van der Waals surface area contributed by atoms with E-state index in [-0.39, 0.29) is 11.6 Å². The fourth-order valence-corrected chi connectivity index (χ4v) is 2.29. The summed E-state index contributed by atoms with van der Waals surface area (Å²) in [6, 6.07) is 7.55. The topological polar surface area (TPSA) is 79.1 Å². The van der Waals surface area contributed by atoms with Crippen LogP contribution in [-0.2, 0) is 0 Å². The predicted molar refractivity (Wildman–Crippen MR) is 71.9 cm³/mol. The molecule has 0 aliphatic rings. The zero-order valence-electron chi connectivity index (χ0n) is 10.0. The molecule has 1 atom stereocenters. The molecule has 2 rings (SSSR count). The van der Waals surface area contributed by atoms with E-state index in [1.54, 1.807) is 6.08 Å². The van der Waals surface area contributed by atoms with Crippen molar-refractivity contribution in [3.8, 4) is 0 Å². The number of carboxylic acid groups (broad SMARTS) is 1. The van der Waals surface area contributed by atoms with Crippen molar-refractivity contribution in [2.75, 3.05) is 6.54 Å². The number of H-pyrrole nitrogens is 1. The number of carbonyl (C=O) groups is 1. The smallest absolute Gasteiger partial charge is 0.352 e. The van der Waals surface area contributed by atoms with Gasteiger partial charge in [0, 0.05) is 16.8 Å². The summed E-state index contributed by atoms with van der Waals surface area (Å²) in [6.45, 7) is 4.10. The molecule has 4 nitrogen and oxygen atoms in total. The molecular weight excluding hydrogens is 228 g/mol. The second-order valence-corrected chi connectivity index (χ2v) is 4.22. The number of benzene rings is 1. The van der Waals surface area contributed by atoms with Crippen molar-refractivity contribution in [1.82, 2.24) is 4.98 Å². The van der Waals surface area contributed by atoms with E-state index >= 15 is 0 Å². The molecule has 4 N–H and O–H groups in total. The first-order valence-electron chi connectivity index (χ1n) is 5.83. The Labute approximate surface area is 105 Å². The van der Waals surface area contributed by atoms with Crippen LogP contribution in [-0.4, -0.2) is 22.6 Å². The SMILES string of the molecule is C=CCC(CN)c1c(C(=O)O)[nH]c2ccccc12. The Hall–Kier alpha value is -2.07. The zero-order valence-corrected chi connectivity index (χ0v) is 10.0. The van der Waals surface area contributed by atoms with Crippen LogP contribution in [0.25, 0.3) is 10.9 Å². The Morgan fingerprint density at radius 2 is 2.22 bits per heavy atom. The molecule has 0 spiro atoms. The van der Waals surface area contributed by atoms with Crippen LogP contribution in [0, 0.1) is 0 Å². The summed E-state index contributed by atoms with van der Waals surface area (Å²) in [4.78, 5) is 14.3. The lowest BCUT2D eigenvalue weighted by molar-refractivity contribution is 0.0690. The highest BCUT2D eigenvalue weighted by Gasteiger charge is 2.22. The summed E-state index contributed by atoms with van der Waals surface area (Å²) < 4.78 is 0. The first-order valence-corrected chi connectivity index (χ1v) is 5.83. The summed E-state index contributed by atoms with van der Waals surface area (Å²) in [5, 5.41) is 10.2. The molecule has 0 radical (unpaired) electrons. The first-order chi connectivity index (χ1) is 8.69. The van der Waals surface area contributed by atoms with Crippen molar-refractivity contribution in [3.05, 3.63) is 48.2 Å². The minimum Gasteiger partial charge on any atom is -0.477 e. The number of carboxylic acids is 1. The van der Waals surface area contributed by atoms with Crippen LogP contribution >= 0.6 is 0 Å². The summed E-state index contributed by atoms with van der Waals surface area (Å²) in [5.74, 6) is -0.978. The van der Waals surface area contributed by atoms with E-state index in [0.29, 0.717) is 13.0 Å². The summed E-state index contributed by atoms with van der Waals surface area (Å²) in [6.07, 6.45) is 2.43. The van der Waals surface area contributed by atoms with Gasteiger partial charge < -0.3 is 15.8 Å². The van der Waals surface area contributed by atoms with Crippen molar-refractivity contribution < 1.29 is 9.90 Å². The molecule has 1 aromatic carbocycles. The maximum absolute atomic E-state index is 11.3. The average Bonchev–Trinajstić information content (AvgIpc) is 2.75. The van der Waals surface area contributed by atoms with E-state index in [0.717, 1.165) is 16.5 Å². The molecule has 2 aromatic rings. The highest BCUT2D eigenvalue weighted by Crippen LogP contribution is 2.31. The molecule has 94 valence electrons. The lowest BCUT2D eigenvalue weighted by Gasteiger charge is -2.13. The number of para-hydroxylation sites is 1. The summed E-state index contributed by atoms with van der Waals surface area (Å²) in [7, 11) is 0. The number of nitrogens with two attached hydrogens (primary N) is 1. The number of hydrogen-bond acceptors (Lipinski definition) is 2. The standard InChI is InChI=1S/C14H16N2O2/c1-2-5-9(8-15)12-10-6-3-4-7-11(10)16-13(12)14(17)18/h2-4,6-7,9,16H,1,5,8,15H2,(H,17,18). The molecule has 18 heavy (non-hydrogen) atoms. The third-order valence-corrected chi connectivity index (χ3v) is 3.10. The van der Waals surface area contributed by atoms with Gasteiger partial charge in [0.1, 0.15) is 5.69 Å². The zero-order chi connectivity index (χ0) is 13.1. The van der Waals surface area contributed by atoms with Crippen molar-refractivity contribution in [2.45, 2.75) is 12.3 Å². The summed E-state index contributed by atoms with van der Waals surface area (Å²) >= 11 is 0. The number of aromatic amines is 1. The van der Waals surface area contributed by atoms with Crippen LogP contribution < -0.4 is 5.73 Å². The second kappa shape index (κ2) is 5.06. The van der Waals surface area contributed by atoms with Crippen molar-refractivity contribution in [2.24, 2.45) is 5.73 Å². The number of nitrogens with one attached hydrogen (secondary N) is 1. The molecular formula is C14H16N2O2. The predicted octanol–water partition coefficient (Wildman–Crippen LogP) is 2.48. The van der Waals surface area contributed by atoms with E-state index in [1.165, 1.54) is 0 Å². The van der Waals surface area contributed by atoms with Gasteiger partial charge >= 0.3 is 5.97 Å². The van der Waals surface area contributed by atoms with Gasteiger partial charge in [0.15, 0.2) is 0 Å². The number of rotatable bonds is 5. The van der Waals surface area contributed by atoms with E-state index < -0.39 is 5.97 Å². The van der Waals surface area contributed by atoms with Gasteiger partial charge in [-0.3, -0.25) is 0 Å². The van der Waals surface area contributed by atoms with Gasteiger partial charge in [-0.1, -0.05) is 24.3 Å². The molecule has 0 saturated carbocycles. The van der Waals surface area contributed by atoms with Crippen LogP contribution in [0.5, 0.6) is 0 Å². The van der Waals surface area contributed by atoms with E-state index in [1.807, 2.05) is 24.3 Å². The first kappa shape index (κ1) is 12.4. The molecule has 0 aliphatic heterocycles. The monoisotopic (exact) mass is 244 g/mol. The van der Waals surface area contributed by atoms with E-state index in [2.05, 4.69) is 11.6 Å². The van der Waals surface area contributed by atoms with Crippen LogP contribution in [0.2, 0.25) is 0 Å². The Morgan fingerprint density at radius 1 is 1.50 bits per heavy atom. The molecule has 0 saturated heterocycles. The van der Waals surface area contributed by atoms with Crippen LogP contribution in [0.3, 0.4) is 0 Å². The highest BCUT2D eigenvalue weighted by atomic mass is 16.4. The highest BCUT2D eigenvalue weighted by molar-refractivity contribution is 5.97. The molecule has 0 amide bonds. The number of hydrogen-bond donors (Lipinski definition) is 3. The fourth-order valence-electron chi connectivity index (χ4n) is 2.29. The summed E-state index contributed by atoms with van der Waals surface area (Å²) in [5.41, 5.74) is 7.59. The molecule has 1 aromatic heterocycles.